The molecule has 0 amide bonds. The summed E-state index contributed by atoms with van der Waals surface area (Å²) in [4.78, 5) is 14.3. The van der Waals surface area contributed by atoms with Crippen LogP contribution in [0.1, 0.15) is 84.5 Å². The molecule has 7 nitrogen and oxygen atoms in total. The number of aromatic nitrogens is 3. The third-order valence-corrected chi connectivity index (χ3v) is 8.09. The van der Waals surface area contributed by atoms with E-state index in [0.717, 1.165) is 62.4 Å². The summed E-state index contributed by atoms with van der Waals surface area (Å²) in [5, 5.41) is 20.6. The Morgan fingerprint density at radius 3 is 2.06 bits per heavy atom. The normalized spacial score (nSPS) is 36.6. The smallest absolute Gasteiger partial charge is 0.229 e. The second kappa shape index (κ2) is 8.72. The Balaban J connectivity index is 1.32. The molecule has 5 aliphatic rings. The van der Waals surface area contributed by atoms with Gasteiger partial charge in [0.1, 0.15) is 0 Å². The van der Waals surface area contributed by atoms with Gasteiger partial charge in [0, 0.05) is 18.1 Å². The zero-order valence-electron chi connectivity index (χ0n) is 19.2. The van der Waals surface area contributed by atoms with Crippen molar-refractivity contribution >= 4 is 17.8 Å². The van der Waals surface area contributed by atoms with E-state index < -0.39 is 0 Å². The number of rotatable bonds is 8. The van der Waals surface area contributed by atoms with Crippen molar-refractivity contribution in [1.29, 1.82) is 0 Å². The Kier molecular flexibility index (Phi) is 5.97. The van der Waals surface area contributed by atoms with E-state index in [2.05, 4.69) is 29.8 Å². The number of aliphatic hydroxyl groups excluding tert-OH is 1. The molecule has 1 aromatic heterocycles. The van der Waals surface area contributed by atoms with E-state index in [4.69, 9.17) is 15.0 Å². The van der Waals surface area contributed by atoms with Crippen LogP contribution in [0.2, 0.25) is 0 Å². The standard InChI is InChI=1S/C24H40N6O/c1-15(2)7-8-25-21-27-22(26-19-3-5-20(31)6-4-19)29-23(28-21)30-24-12-16-9-17(13-24)11-18(10-16)14-24/h15-20,31H,3-14H2,1-2H3,(H3,25,26,27,28,29,30). The zero-order valence-corrected chi connectivity index (χ0v) is 19.2. The van der Waals surface area contributed by atoms with Crippen molar-refractivity contribution in [3.8, 4) is 0 Å². The minimum absolute atomic E-state index is 0.155. The molecule has 6 rings (SSSR count). The maximum Gasteiger partial charge on any atom is 0.229 e. The SMILES string of the molecule is CC(C)CCNc1nc(NC2CCC(O)CC2)nc(NC23CC4CC(CC(C4)C2)C3)n1. The first-order valence-electron chi connectivity index (χ1n) is 12.7. The summed E-state index contributed by atoms with van der Waals surface area (Å²) in [5.74, 6) is 5.35. The molecule has 5 fully saturated rings. The summed E-state index contributed by atoms with van der Waals surface area (Å²) < 4.78 is 0. The number of nitrogens with zero attached hydrogens (tertiary/aromatic N) is 3. The lowest BCUT2D eigenvalue weighted by Gasteiger charge is -2.56. The largest absolute Gasteiger partial charge is 0.393 e. The van der Waals surface area contributed by atoms with Crippen LogP contribution in [0.25, 0.3) is 0 Å². The molecule has 5 aliphatic carbocycles. The van der Waals surface area contributed by atoms with Crippen molar-refractivity contribution in [3.63, 3.8) is 0 Å². The summed E-state index contributed by atoms with van der Waals surface area (Å²) in [5.41, 5.74) is 0.178. The summed E-state index contributed by atoms with van der Waals surface area (Å²) in [6, 6.07) is 0.321. The van der Waals surface area contributed by atoms with Crippen LogP contribution in [0.15, 0.2) is 0 Å². The molecule has 0 saturated heterocycles. The fraction of sp³-hybridized carbons (Fsp3) is 0.875. The summed E-state index contributed by atoms with van der Waals surface area (Å²) >= 11 is 0. The molecule has 0 aromatic carbocycles. The Morgan fingerprint density at radius 1 is 0.871 bits per heavy atom. The van der Waals surface area contributed by atoms with Crippen LogP contribution in [-0.4, -0.2) is 44.3 Å². The molecule has 0 radical (unpaired) electrons. The fourth-order valence-corrected chi connectivity index (χ4v) is 6.95. The van der Waals surface area contributed by atoms with Crippen molar-refractivity contribution in [2.45, 2.75) is 102 Å². The fourth-order valence-electron chi connectivity index (χ4n) is 6.95. The van der Waals surface area contributed by atoms with E-state index >= 15 is 0 Å². The second-order valence-corrected chi connectivity index (χ2v) is 11.4. The number of anilines is 3. The van der Waals surface area contributed by atoms with Crippen molar-refractivity contribution in [2.75, 3.05) is 22.5 Å². The maximum absolute atomic E-state index is 9.82. The van der Waals surface area contributed by atoms with Gasteiger partial charge >= 0.3 is 0 Å². The molecule has 172 valence electrons. The van der Waals surface area contributed by atoms with Gasteiger partial charge in [-0.15, -0.1) is 0 Å². The highest BCUT2D eigenvalue weighted by atomic mass is 16.3. The first kappa shape index (κ1) is 21.2. The van der Waals surface area contributed by atoms with E-state index in [1.807, 2.05) is 0 Å². The third kappa shape index (κ3) is 5.07. The van der Waals surface area contributed by atoms with Gasteiger partial charge in [0.2, 0.25) is 17.8 Å². The Hall–Kier alpha value is -1.63. The van der Waals surface area contributed by atoms with Crippen molar-refractivity contribution in [3.05, 3.63) is 0 Å². The number of hydrogen-bond acceptors (Lipinski definition) is 7. The van der Waals surface area contributed by atoms with Crippen LogP contribution in [-0.2, 0) is 0 Å². The molecule has 0 atom stereocenters. The van der Waals surface area contributed by atoms with Gasteiger partial charge in [0.05, 0.1) is 6.10 Å². The molecule has 0 unspecified atom stereocenters. The van der Waals surface area contributed by atoms with Gasteiger partial charge in [-0.05, 0) is 94.3 Å². The molecule has 0 spiro atoms. The first-order valence-corrected chi connectivity index (χ1v) is 12.7. The topological polar surface area (TPSA) is 95.0 Å². The van der Waals surface area contributed by atoms with Gasteiger partial charge in [-0.25, -0.2) is 0 Å². The van der Waals surface area contributed by atoms with E-state index in [0.29, 0.717) is 23.9 Å². The highest BCUT2D eigenvalue weighted by molar-refractivity contribution is 5.44. The number of aliphatic hydroxyl groups is 1. The van der Waals surface area contributed by atoms with E-state index in [9.17, 15) is 5.11 Å². The van der Waals surface area contributed by atoms with Gasteiger partial charge in [0.25, 0.3) is 0 Å². The van der Waals surface area contributed by atoms with E-state index in [1.54, 1.807) is 0 Å². The van der Waals surface area contributed by atoms with Gasteiger partial charge in [-0.3, -0.25) is 0 Å². The van der Waals surface area contributed by atoms with Crippen LogP contribution >= 0.6 is 0 Å². The molecule has 4 bridgehead atoms. The Morgan fingerprint density at radius 2 is 1.45 bits per heavy atom. The molecule has 1 aromatic rings. The Bertz CT molecular complexity index is 725. The van der Waals surface area contributed by atoms with Crippen molar-refractivity contribution in [2.24, 2.45) is 23.7 Å². The zero-order chi connectivity index (χ0) is 21.4. The van der Waals surface area contributed by atoms with Crippen LogP contribution < -0.4 is 16.0 Å². The highest BCUT2D eigenvalue weighted by Crippen LogP contribution is 2.56. The second-order valence-electron chi connectivity index (χ2n) is 11.4. The van der Waals surface area contributed by atoms with Gasteiger partial charge in [-0.2, -0.15) is 15.0 Å². The van der Waals surface area contributed by atoms with Crippen LogP contribution in [0.3, 0.4) is 0 Å². The summed E-state index contributed by atoms with van der Waals surface area (Å²) in [6.45, 7) is 5.34. The monoisotopic (exact) mass is 428 g/mol. The average Bonchev–Trinajstić information content (AvgIpc) is 2.68. The quantitative estimate of drug-likeness (QED) is 0.487. The lowest BCUT2D eigenvalue weighted by atomic mass is 9.53. The molecule has 31 heavy (non-hydrogen) atoms. The minimum atomic E-state index is -0.155. The molecular weight excluding hydrogens is 388 g/mol. The van der Waals surface area contributed by atoms with Crippen LogP contribution in [0.4, 0.5) is 17.8 Å². The lowest BCUT2D eigenvalue weighted by Crippen LogP contribution is -2.55. The maximum atomic E-state index is 9.82. The predicted molar refractivity (Wildman–Crippen MR) is 124 cm³/mol. The van der Waals surface area contributed by atoms with Gasteiger partial charge in [0.15, 0.2) is 0 Å². The number of hydrogen-bond donors (Lipinski definition) is 4. The molecular formula is C24H40N6O. The highest BCUT2D eigenvalue weighted by Gasteiger charge is 2.51. The Labute approximate surface area is 186 Å². The molecule has 0 aliphatic heterocycles. The van der Waals surface area contributed by atoms with Gasteiger partial charge in [-0.1, -0.05) is 13.8 Å². The van der Waals surface area contributed by atoms with E-state index in [1.165, 1.54) is 38.5 Å². The van der Waals surface area contributed by atoms with Crippen molar-refractivity contribution in [1.82, 2.24) is 15.0 Å². The lowest BCUT2D eigenvalue weighted by molar-refractivity contribution is 0.0103. The predicted octanol–water partition coefficient (Wildman–Crippen LogP) is 4.43. The first-order chi connectivity index (χ1) is 14.9. The molecule has 1 heterocycles. The van der Waals surface area contributed by atoms with Gasteiger partial charge < -0.3 is 21.1 Å². The minimum Gasteiger partial charge on any atom is -0.393 e. The van der Waals surface area contributed by atoms with Crippen LogP contribution in [0.5, 0.6) is 0 Å². The van der Waals surface area contributed by atoms with E-state index in [-0.39, 0.29) is 11.6 Å². The third-order valence-electron chi connectivity index (χ3n) is 8.09. The summed E-state index contributed by atoms with van der Waals surface area (Å²) in [7, 11) is 0. The number of nitrogens with one attached hydrogen (secondary N) is 3. The molecule has 7 heteroatoms. The summed E-state index contributed by atoms with van der Waals surface area (Å²) in [6.07, 6.45) is 12.6. The van der Waals surface area contributed by atoms with Crippen LogP contribution in [0, 0.1) is 23.7 Å². The average molecular weight is 429 g/mol. The molecule has 5 saturated carbocycles. The molecule has 4 N–H and O–H groups in total. The van der Waals surface area contributed by atoms with Crippen molar-refractivity contribution < 1.29 is 5.11 Å².